The average molecular weight is 445 g/mol. The van der Waals surface area contributed by atoms with Gasteiger partial charge in [-0.05, 0) is 50.2 Å². The Morgan fingerprint density at radius 3 is 2.72 bits per heavy atom. The molecule has 0 radical (unpaired) electrons. The highest BCUT2D eigenvalue weighted by Gasteiger charge is 2.34. The van der Waals surface area contributed by atoms with E-state index >= 15 is 0 Å². The number of aromatic nitrogens is 2. The van der Waals surface area contributed by atoms with Gasteiger partial charge in [-0.15, -0.1) is 0 Å². The van der Waals surface area contributed by atoms with Crippen LogP contribution in [-0.2, 0) is 0 Å². The topological polar surface area (TPSA) is 108 Å². The molecule has 1 aromatic carbocycles. The lowest BCUT2D eigenvalue weighted by atomic mass is 10.0. The van der Waals surface area contributed by atoms with Crippen LogP contribution in [0.25, 0.3) is 0 Å². The SMILES string of the molecule is Cc1ccc([C@@H]2CCCN2c2cc(C(N)=O)c(C3CC3)c(Nc3ncc(C#N)s3)n2)cc1. The number of aryl methyl sites for hydroxylation is 1. The summed E-state index contributed by atoms with van der Waals surface area (Å²) in [7, 11) is 0. The Morgan fingerprint density at radius 1 is 1.28 bits per heavy atom. The molecule has 2 aromatic heterocycles. The minimum Gasteiger partial charge on any atom is -0.366 e. The van der Waals surface area contributed by atoms with Gasteiger partial charge in [-0.25, -0.2) is 9.97 Å². The van der Waals surface area contributed by atoms with E-state index in [1.807, 2.05) is 6.07 Å². The number of anilines is 3. The highest BCUT2D eigenvalue weighted by molar-refractivity contribution is 7.16. The number of primary amides is 1. The maximum absolute atomic E-state index is 12.5. The molecule has 0 bridgehead atoms. The molecule has 1 aliphatic heterocycles. The summed E-state index contributed by atoms with van der Waals surface area (Å²) in [6.45, 7) is 2.95. The van der Waals surface area contributed by atoms with Crippen LogP contribution < -0.4 is 16.0 Å². The number of carbonyl (C=O) groups excluding carboxylic acids is 1. The molecule has 0 unspecified atom stereocenters. The highest BCUT2D eigenvalue weighted by Crippen LogP contribution is 2.47. The quantitative estimate of drug-likeness (QED) is 0.566. The van der Waals surface area contributed by atoms with Crippen LogP contribution in [0.4, 0.5) is 16.8 Å². The third-order valence-electron chi connectivity index (χ3n) is 6.15. The van der Waals surface area contributed by atoms with Crippen molar-refractivity contribution in [3.63, 3.8) is 0 Å². The Labute approximate surface area is 190 Å². The lowest BCUT2D eigenvalue weighted by Crippen LogP contribution is -2.25. The van der Waals surface area contributed by atoms with Crippen molar-refractivity contribution in [2.45, 2.75) is 44.6 Å². The summed E-state index contributed by atoms with van der Waals surface area (Å²) in [6, 6.07) is 12.8. The van der Waals surface area contributed by atoms with Gasteiger partial charge in [-0.3, -0.25) is 4.79 Å². The minimum absolute atomic E-state index is 0.202. The molecule has 3 aromatic rings. The van der Waals surface area contributed by atoms with Crippen LogP contribution in [-0.4, -0.2) is 22.4 Å². The molecular weight excluding hydrogens is 420 g/mol. The van der Waals surface area contributed by atoms with Crippen molar-refractivity contribution in [1.29, 1.82) is 5.26 Å². The van der Waals surface area contributed by atoms with Gasteiger partial charge in [0.25, 0.3) is 0 Å². The normalized spacial score (nSPS) is 17.9. The van der Waals surface area contributed by atoms with Crippen LogP contribution in [0.15, 0.2) is 36.5 Å². The molecule has 3 heterocycles. The molecule has 2 fully saturated rings. The first-order valence-corrected chi connectivity index (χ1v) is 11.7. The van der Waals surface area contributed by atoms with Crippen molar-refractivity contribution in [3.8, 4) is 6.07 Å². The number of thiazole rings is 1. The molecule has 5 rings (SSSR count). The van der Waals surface area contributed by atoms with Crippen molar-refractivity contribution >= 4 is 34.0 Å². The standard InChI is InChI=1S/C24H24N6OS/c1-14-4-6-15(7-5-14)19-3-2-10-30(19)20-11-18(22(26)31)21(16-8-9-16)23(28-20)29-24-27-13-17(12-25)32-24/h4-7,11,13,16,19H,2-3,8-10H2,1H3,(H2,26,31)(H,27,28,29)/t19-/m0/s1. The van der Waals surface area contributed by atoms with Crippen molar-refractivity contribution in [2.75, 3.05) is 16.8 Å². The van der Waals surface area contributed by atoms with Crippen molar-refractivity contribution in [1.82, 2.24) is 9.97 Å². The molecule has 1 saturated carbocycles. The number of nitrogens with zero attached hydrogens (tertiary/aromatic N) is 4. The van der Waals surface area contributed by atoms with E-state index < -0.39 is 5.91 Å². The van der Waals surface area contributed by atoms with Gasteiger partial charge in [-0.1, -0.05) is 41.2 Å². The van der Waals surface area contributed by atoms with Gasteiger partial charge in [0.1, 0.15) is 22.6 Å². The van der Waals surface area contributed by atoms with Crippen molar-refractivity contribution in [2.24, 2.45) is 5.73 Å². The number of pyridine rings is 1. The summed E-state index contributed by atoms with van der Waals surface area (Å²) >= 11 is 1.27. The highest BCUT2D eigenvalue weighted by atomic mass is 32.1. The molecule has 1 atom stereocenters. The second-order valence-corrected chi connectivity index (χ2v) is 9.49. The number of nitriles is 1. The fraction of sp³-hybridized carbons (Fsp3) is 0.333. The molecule has 32 heavy (non-hydrogen) atoms. The number of rotatable bonds is 6. The van der Waals surface area contributed by atoms with Crippen molar-refractivity contribution in [3.05, 3.63) is 63.7 Å². The van der Waals surface area contributed by atoms with Crippen molar-refractivity contribution < 1.29 is 4.79 Å². The van der Waals surface area contributed by atoms with E-state index in [2.05, 4.69) is 52.5 Å². The van der Waals surface area contributed by atoms with Gasteiger partial charge in [0.2, 0.25) is 5.91 Å². The number of carbonyl (C=O) groups is 1. The van der Waals surface area contributed by atoms with E-state index in [4.69, 9.17) is 16.0 Å². The number of nitrogens with two attached hydrogens (primary N) is 1. The Bertz CT molecular complexity index is 1210. The summed E-state index contributed by atoms with van der Waals surface area (Å²) < 4.78 is 0. The van der Waals surface area contributed by atoms with Crippen LogP contribution in [0.2, 0.25) is 0 Å². The second kappa shape index (κ2) is 8.24. The number of nitrogens with one attached hydrogen (secondary N) is 1. The third kappa shape index (κ3) is 3.92. The van der Waals surface area contributed by atoms with Gasteiger partial charge in [0.05, 0.1) is 12.2 Å². The molecular formula is C24H24N6OS. The summed E-state index contributed by atoms with van der Waals surface area (Å²) in [5, 5.41) is 13.0. The van der Waals surface area contributed by atoms with E-state index in [1.54, 1.807) is 0 Å². The summed E-state index contributed by atoms with van der Waals surface area (Å²) in [6.07, 6.45) is 5.63. The lowest BCUT2D eigenvalue weighted by Gasteiger charge is -2.28. The van der Waals surface area contributed by atoms with Crippen LogP contribution in [0, 0.1) is 18.3 Å². The predicted molar refractivity (Wildman–Crippen MR) is 125 cm³/mol. The summed E-state index contributed by atoms with van der Waals surface area (Å²) in [5.41, 5.74) is 9.69. The molecule has 1 amide bonds. The first-order valence-electron chi connectivity index (χ1n) is 10.8. The van der Waals surface area contributed by atoms with E-state index in [-0.39, 0.29) is 12.0 Å². The second-order valence-electron chi connectivity index (χ2n) is 8.46. The van der Waals surface area contributed by atoms with E-state index in [0.717, 1.165) is 43.6 Å². The molecule has 7 nitrogen and oxygen atoms in total. The van der Waals surface area contributed by atoms with E-state index in [1.165, 1.54) is 28.7 Å². The van der Waals surface area contributed by atoms with E-state index in [9.17, 15) is 4.79 Å². The van der Waals surface area contributed by atoms with Gasteiger partial charge in [0, 0.05) is 17.7 Å². The summed E-state index contributed by atoms with van der Waals surface area (Å²) in [5.74, 6) is 1.18. The number of hydrogen-bond acceptors (Lipinski definition) is 7. The number of amides is 1. The summed E-state index contributed by atoms with van der Waals surface area (Å²) in [4.78, 5) is 24.5. The molecule has 0 spiro atoms. The predicted octanol–water partition coefficient (Wildman–Crippen LogP) is 4.78. The molecule has 2 aliphatic rings. The molecule has 8 heteroatoms. The van der Waals surface area contributed by atoms with Crippen LogP contribution in [0.5, 0.6) is 0 Å². The Balaban J connectivity index is 1.57. The Morgan fingerprint density at radius 2 is 2.06 bits per heavy atom. The van der Waals surface area contributed by atoms with Gasteiger partial charge < -0.3 is 16.0 Å². The zero-order valence-corrected chi connectivity index (χ0v) is 18.7. The average Bonchev–Trinajstić information content (AvgIpc) is 3.32. The zero-order valence-electron chi connectivity index (χ0n) is 17.8. The molecule has 1 saturated heterocycles. The molecule has 162 valence electrons. The fourth-order valence-corrected chi connectivity index (χ4v) is 5.05. The van der Waals surface area contributed by atoms with Gasteiger partial charge in [-0.2, -0.15) is 5.26 Å². The van der Waals surface area contributed by atoms with Crippen LogP contribution in [0.3, 0.4) is 0 Å². The first kappa shape index (κ1) is 20.5. The van der Waals surface area contributed by atoms with Crippen LogP contribution >= 0.6 is 11.3 Å². The Kier molecular flexibility index (Phi) is 5.27. The third-order valence-corrected chi connectivity index (χ3v) is 6.96. The molecule has 1 aliphatic carbocycles. The van der Waals surface area contributed by atoms with E-state index in [0.29, 0.717) is 21.4 Å². The first-order chi connectivity index (χ1) is 15.5. The monoisotopic (exact) mass is 444 g/mol. The largest absolute Gasteiger partial charge is 0.366 e. The fourth-order valence-electron chi connectivity index (χ4n) is 4.43. The Hall–Kier alpha value is -3.44. The van der Waals surface area contributed by atoms with Crippen LogP contribution in [0.1, 0.15) is 69.6 Å². The minimum atomic E-state index is -0.443. The lowest BCUT2D eigenvalue weighted by molar-refractivity contribution is 0.0999. The maximum atomic E-state index is 12.5. The smallest absolute Gasteiger partial charge is 0.249 e. The van der Waals surface area contributed by atoms with Gasteiger partial charge in [0.15, 0.2) is 5.13 Å². The zero-order chi connectivity index (χ0) is 22.2. The maximum Gasteiger partial charge on any atom is 0.249 e. The number of hydrogen-bond donors (Lipinski definition) is 2. The van der Waals surface area contributed by atoms with Gasteiger partial charge >= 0.3 is 0 Å². The molecule has 3 N–H and O–H groups in total. The number of benzene rings is 1.